The van der Waals surface area contributed by atoms with Crippen LogP contribution in [-0.2, 0) is 16.1 Å². The van der Waals surface area contributed by atoms with Gasteiger partial charge in [-0.1, -0.05) is 38.5 Å². The van der Waals surface area contributed by atoms with Crippen molar-refractivity contribution in [2.75, 3.05) is 7.11 Å². The van der Waals surface area contributed by atoms with Gasteiger partial charge in [-0.2, -0.15) is 0 Å². The Hall–Kier alpha value is -1.39. The zero-order chi connectivity index (χ0) is 17.2. The first kappa shape index (κ1) is 19.7. The van der Waals surface area contributed by atoms with Gasteiger partial charge in [-0.25, -0.2) is 4.79 Å². The first-order valence-electron chi connectivity index (χ1n) is 8.49. The van der Waals surface area contributed by atoms with Crippen LogP contribution in [0.15, 0.2) is 18.2 Å². The number of carbonyl (C=O) groups excluding carboxylic acids is 1. The predicted octanol–water partition coefficient (Wildman–Crippen LogP) is 4.02. The van der Waals surface area contributed by atoms with Crippen molar-refractivity contribution < 1.29 is 19.4 Å². The molecule has 0 aromatic heterocycles. The van der Waals surface area contributed by atoms with Crippen molar-refractivity contribution in [1.29, 1.82) is 0 Å². The molecule has 0 spiro atoms. The highest BCUT2D eigenvalue weighted by molar-refractivity contribution is 5.92. The maximum atomic E-state index is 11.8. The molecule has 1 fully saturated rings. The molecule has 1 N–H and O–H groups in total. The fourth-order valence-corrected chi connectivity index (χ4v) is 2.72. The van der Waals surface area contributed by atoms with E-state index in [1.807, 2.05) is 25.1 Å². The number of benzene rings is 1. The van der Waals surface area contributed by atoms with E-state index in [-0.39, 0.29) is 18.2 Å². The lowest BCUT2D eigenvalue weighted by Gasteiger charge is -2.26. The lowest BCUT2D eigenvalue weighted by atomic mass is 9.95. The number of methoxy groups -OCH3 is 1. The van der Waals surface area contributed by atoms with Gasteiger partial charge in [-0.05, 0) is 43.7 Å². The molecule has 0 radical (unpaired) electrons. The minimum absolute atomic E-state index is 0.0739. The first-order valence-corrected chi connectivity index (χ1v) is 8.49. The lowest BCUT2D eigenvalue weighted by molar-refractivity contribution is -0.0232. The lowest BCUT2D eigenvalue weighted by Crippen LogP contribution is -2.26. The number of ether oxygens (including phenoxy) is 2. The summed E-state index contributed by atoms with van der Waals surface area (Å²) in [5.41, 5.74) is 2.32. The monoisotopic (exact) mass is 322 g/mol. The normalized spacial score (nSPS) is 20.4. The molecule has 1 aromatic carbocycles. The SMILES string of the molecule is CCC.COC(=O)c1c(C)cccc1COC1CCCC(O)C1. The van der Waals surface area contributed by atoms with E-state index in [2.05, 4.69) is 13.8 Å². The molecule has 1 aliphatic carbocycles. The fourth-order valence-electron chi connectivity index (χ4n) is 2.72. The Bertz CT molecular complexity index is 484. The molecule has 0 amide bonds. The summed E-state index contributed by atoms with van der Waals surface area (Å²) >= 11 is 0. The third-order valence-electron chi connectivity index (χ3n) is 3.82. The van der Waals surface area contributed by atoms with Gasteiger partial charge in [0.15, 0.2) is 0 Å². The summed E-state index contributed by atoms with van der Waals surface area (Å²) in [4.78, 5) is 11.8. The third-order valence-corrected chi connectivity index (χ3v) is 3.82. The van der Waals surface area contributed by atoms with Crippen LogP contribution >= 0.6 is 0 Å². The molecule has 0 heterocycles. The van der Waals surface area contributed by atoms with E-state index in [9.17, 15) is 9.90 Å². The summed E-state index contributed by atoms with van der Waals surface area (Å²) < 4.78 is 10.7. The molecule has 0 bridgehead atoms. The number of esters is 1. The highest BCUT2D eigenvalue weighted by Crippen LogP contribution is 2.23. The highest BCUT2D eigenvalue weighted by atomic mass is 16.5. The average molecular weight is 322 g/mol. The van der Waals surface area contributed by atoms with E-state index in [1.165, 1.54) is 13.5 Å². The van der Waals surface area contributed by atoms with Gasteiger partial charge in [0.05, 0.1) is 31.5 Å². The van der Waals surface area contributed by atoms with Gasteiger partial charge < -0.3 is 14.6 Å². The van der Waals surface area contributed by atoms with Crippen molar-refractivity contribution >= 4 is 5.97 Å². The molecule has 1 aromatic rings. The third kappa shape index (κ3) is 6.32. The topological polar surface area (TPSA) is 55.8 Å². The number of carbonyl (C=O) groups is 1. The second-order valence-electron chi connectivity index (χ2n) is 6.06. The number of aliphatic hydroxyl groups is 1. The predicted molar refractivity (Wildman–Crippen MR) is 91.5 cm³/mol. The number of hydrogen-bond donors (Lipinski definition) is 1. The maximum Gasteiger partial charge on any atom is 0.338 e. The van der Waals surface area contributed by atoms with Crippen molar-refractivity contribution in [3.63, 3.8) is 0 Å². The smallest absolute Gasteiger partial charge is 0.338 e. The summed E-state index contributed by atoms with van der Waals surface area (Å²) in [5, 5.41) is 9.65. The summed E-state index contributed by atoms with van der Waals surface area (Å²) in [7, 11) is 1.39. The van der Waals surface area contributed by atoms with Gasteiger partial charge in [-0.15, -0.1) is 0 Å². The number of rotatable bonds is 4. The highest BCUT2D eigenvalue weighted by Gasteiger charge is 2.22. The van der Waals surface area contributed by atoms with E-state index < -0.39 is 0 Å². The van der Waals surface area contributed by atoms with E-state index in [1.54, 1.807) is 0 Å². The molecule has 2 rings (SSSR count). The van der Waals surface area contributed by atoms with Gasteiger partial charge in [0.1, 0.15) is 0 Å². The van der Waals surface area contributed by atoms with Crippen LogP contribution in [0.3, 0.4) is 0 Å². The van der Waals surface area contributed by atoms with E-state index >= 15 is 0 Å². The molecule has 2 unspecified atom stereocenters. The Balaban J connectivity index is 0.000000816. The average Bonchev–Trinajstić information content (AvgIpc) is 2.53. The standard InChI is InChI=1S/C16H22O4.C3H8/c1-11-5-3-6-12(15(11)16(18)19-2)10-20-14-8-4-7-13(17)9-14;1-3-2/h3,5-6,13-14,17H,4,7-10H2,1-2H3;3H2,1-2H3. The Labute approximate surface area is 139 Å². The first-order chi connectivity index (χ1) is 11.0. The second kappa shape index (κ2) is 10.4. The fraction of sp³-hybridized carbons (Fsp3) is 0.632. The van der Waals surface area contributed by atoms with Crippen LogP contribution < -0.4 is 0 Å². The zero-order valence-corrected chi connectivity index (χ0v) is 14.8. The van der Waals surface area contributed by atoms with Crippen LogP contribution in [-0.4, -0.2) is 30.4 Å². The summed E-state index contributed by atoms with van der Waals surface area (Å²) in [6.07, 6.45) is 4.56. The van der Waals surface area contributed by atoms with E-state index in [0.717, 1.165) is 30.4 Å². The molecule has 0 aliphatic heterocycles. The second-order valence-corrected chi connectivity index (χ2v) is 6.06. The number of aliphatic hydroxyl groups excluding tert-OH is 1. The van der Waals surface area contributed by atoms with Crippen LogP contribution in [0.4, 0.5) is 0 Å². The molecular weight excluding hydrogens is 292 g/mol. The quantitative estimate of drug-likeness (QED) is 0.851. The summed E-state index contributed by atoms with van der Waals surface area (Å²) in [6, 6.07) is 5.69. The number of hydrogen-bond acceptors (Lipinski definition) is 4. The summed E-state index contributed by atoms with van der Waals surface area (Å²) in [5.74, 6) is -0.328. The molecule has 23 heavy (non-hydrogen) atoms. The Kier molecular flexibility index (Phi) is 8.89. The molecule has 2 atom stereocenters. The van der Waals surface area contributed by atoms with Gasteiger partial charge in [-0.3, -0.25) is 0 Å². The molecule has 1 saturated carbocycles. The van der Waals surface area contributed by atoms with Crippen LogP contribution in [0, 0.1) is 6.92 Å². The van der Waals surface area contributed by atoms with Crippen molar-refractivity contribution in [3.05, 3.63) is 34.9 Å². The minimum atomic E-state index is -0.328. The molecule has 4 nitrogen and oxygen atoms in total. The van der Waals surface area contributed by atoms with Crippen LogP contribution in [0.2, 0.25) is 0 Å². The Morgan fingerprint density at radius 3 is 2.61 bits per heavy atom. The van der Waals surface area contributed by atoms with Gasteiger partial charge in [0.25, 0.3) is 0 Å². The number of aryl methyl sites for hydroxylation is 1. The Morgan fingerprint density at radius 2 is 2.00 bits per heavy atom. The molecule has 4 heteroatoms. The summed E-state index contributed by atoms with van der Waals surface area (Å²) in [6.45, 7) is 6.52. The van der Waals surface area contributed by atoms with Crippen LogP contribution in [0.1, 0.15) is 67.4 Å². The van der Waals surface area contributed by atoms with E-state index in [4.69, 9.17) is 9.47 Å². The molecule has 130 valence electrons. The molecule has 0 saturated heterocycles. The van der Waals surface area contributed by atoms with E-state index in [0.29, 0.717) is 18.6 Å². The van der Waals surface area contributed by atoms with Crippen molar-refractivity contribution in [3.8, 4) is 0 Å². The van der Waals surface area contributed by atoms with Crippen LogP contribution in [0.5, 0.6) is 0 Å². The van der Waals surface area contributed by atoms with Gasteiger partial charge in [0.2, 0.25) is 0 Å². The molecular formula is C19H30O4. The minimum Gasteiger partial charge on any atom is -0.465 e. The van der Waals surface area contributed by atoms with Crippen molar-refractivity contribution in [2.45, 2.75) is 71.7 Å². The maximum absolute atomic E-state index is 11.8. The van der Waals surface area contributed by atoms with Crippen LogP contribution in [0.25, 0.3) is 0 Å². The van der Waals surface area contributed by atoms with Crippen molar-refractivity contribution in [1.82, 2.24) is 0 Å². The Morgan fingerprint density at radius 1 is 1.30 bits per heavy atom. The molecule has 1 aliphatic rings. The van der Waals surface area contributed by atoms with Crippen molar-refractivity contribution in [2.24, 2.45) is 0 Å². The zero-order valence-electron chi connectivity index (χ0n) is 14.8. The van der Waals surface area contributed by atoms with Gasteiger partial charge >= 0.3 is 5.97 Å². The van der Waals surface area contributed by atoms with Gasteiger partial charge in [0, 0.05) is 0 Å². The largest absolute Gasteiger partial charge is 0.465 e.